The van der Waals surface area contributed by atoms with Crippen molar-refractivity contribution >= 4 is 27.8 Å². The first-order valence-electron chi connectivity index (χ1n) is 15.7. The third kappa shape index (κ3) is 3.90. The summed E-state index contributed by atoms with van der Waals surface area (Å²) in [6.07, 6.45) is 0. The highest BCUT2D eigenvalue weighted by atomic mass is 15.3. The van der Waals surface area contributed by atoms with Crippen LogP contribution in [0.3, 0.4) is 0 Å². The summed E-state index contributed by atoms with van der Waals surface area (Å²) in [7, 11) is 0. The van der Waals surface area contributed by atoms with Crippen LogP contribution in [0.2, 0.25) is 0 Å². The van der Waals surface area contributed by atoms with Crippen LogP contribution in [-0.2, 0) is 0 Å². The summed E-state index contributed by atoms with van der Waals surface area (Å²) in [6.45, 7) is 2.14. The van der Waals surface area contributed by atoms with E-state index >= 15 is 0 Å². The molecule has 0 bridgehead atoms. The zero-order chi connectivity index (χ0) is 30.6. The van der Waals surface area contributed by atoms with Crippen LogP contribution >= 0.6 is 0 Å². The molecule has 4 heteroatoms. The van der Waals surface area contributed by atoms with Crippen molar-refractivity contribution in [3.05, 3.63) is 169 Å². The molecule has 46 heavy (non-hydrogen) atoms. The van der Waals surface area contributed by atoms with E-state index in [1.165, 1.54) is 5.56 Å². The molecule has 0 N–H and O–H groups in total. The Kier molecular flexibility index (Phi) is 6.00. The molecule has 0 fully saturated rings. The molecule has 6 aromatic carbocycles. The number of para-hydroxylation sites is 4. The van der Waals surface area contributed by atoms with E-state index in [0.29, 0.717) is 0 Å². The number of aromatic nitrogens is 4. The zero-order valence-electron chi connectivity index (χ0n) is 25.4. The molecule has 218 valence electrons. The van der Waals surface area contributed by atoms with Gasteiger partial charge >= 0.3 is 0 Å². The van der Waals surface area contributed by atoms with Gasteiger partial charge in [0.25, 0.3) is 0 Å². The van der Waals surface area contributed by atoms with Gasteiger partial charge in [-0.3, -0.25) is 13.5 Å². The number of aryl methyl sites for hydroxylation is 1. The quantitative estimate of drug-likeness (QED) is 0.196. The first kappa shape index (κ1) is 26.3. The summed E-state index contributed by atoms with van der Waals surface area (Å²) < 4.78 is 7.14. The summed E-state index contributed by atoms with van der Waals surface area (Å²) in [6, 6.07) is 58.2. The van der Waals surface area contributed by atoms with Gasteiger partial charge in [-0.05, 0) is 59.5 Å². The minimum atomic E-state index is 0.886. The first-order valence-corrected chi connectivity index (χ1v) is 15.7. The van der Waals surface area contributed by atoms with Gasteiger partial charge in [-0.15, -0.1) is 0 Å². The fourth-order valence-electron chi connectivity index (χ4n) is 7.01. The standard InChI is InChI=1S/C42H30N4/c1-29-17-16-28-36-39(29)43-42-45(36)34-26-14-15-27-35(34)46(42)41-38(31-20-8-3-9-21-31)37(30-18-6-2-7-19-30)40(32-22-10-4-11-23-32)44(41)33-24-12-5-13-25-33/h2-28H,1H3. The van der Waals surface area contributed by atoms with E-state index in [1.54, 1.807) is 0 Å². The highest BCUT2D eigenvalue weighted by Crippen LogP contribution is 2.49. The second-order valence-electron chi connectivity index (χ2n) is 11.7. The normalized spacial score (nSPS) is 11.6. The molecule has 4 nitrogen and oxygen atoms in total. The van der Waals surface area contributed by atoms with Crippen LogP contribution < -0.4 is 0 Å². The van der Waals surface area contributed by atoms with Crippen molar-refractivity contribution in [1.82, 2.24) is 18.5 Å². The number of nitrogens with zero attached hydrogens (tertiary/aromatic N) is 4. The highest BCUT2D eigenvalue weighted by molar-refractivity contribution is 6.02. The van der Waals surface area contributed by atoms with Crippen LogP contribution in [0.25, 0.3) is 72.9 Å². The number of imidazole rings is 2. The Balaban J connectivity index is 1.58. The maximum atomic E-state index is 5.39. The van der Waals surface area contributed by atoms with Crippen LogP contribution in [0.1, 0.15) is 5.56 Å². The predicted molar refractivity (Wildman–Crippen MR) is 190 cm³/mol. The Morgan fingerprint density at radius 1 is 0.435 bits per heavy atom. The van der Waals surface area contributed by atoms with Crippen molar-refractivity contribution in [3.63, 3.8) is 0 Å². The van der Waals surface area contributed by atoms with Crippen molar-refractivity contribution in [2.24, 2.45) is 0 Å². The third-order valence-corrected chi connectivity index (χ3v) is 8.98. The lowest BCUT2D eigenvalue weighted by Crippen LogP contribution is -2.07. The second kappa shape index (κ2) is 10.5. The number of fused-ring (bicyclic) bond motifs is 5. The molecule has 3 aromatic heterocycles. The fourth-order valence-corrected chi connectivity index (χ4v) is 7.01. The van der Waals surface area contributed by atoms with Gasteiger partial charge in [-0.25, -0.2) is 4.98 Å². The van der Waals surface area contributed by atoms with Gasteiger partial charge in [0.05, 0.1) is 27.8 Å². The molecule has 9 rings (SSSR count). The molecular formula is C42H30N4. The van der Waals surface area contributed by atoms with Crippen LogP contribution in [0, 0.1) is 6.92 Å². The smallest absolute Gasteiger partial charge is 0.221 e. The average Bonchev–Trinajstić information content (AvgIpc) is 3.78. The molecule has 0 amide bonds. The maximum absolute atomic E-state index is 5.39. The lowest BCUT2D eigenvalue weighted by atomic mass is 9.94. The van der Waals surface area contributed by atoms with E-state index in [-0.39, 0.29) is 0 Å². The summed E-state index contributed by atoms with van der Waals surface area (Å²) in [5.41, 5.74) is 13.5. The largest absolute Gasteiger partial charge is 0.294 e. The SMILES string of the molecule is Cc1cccc2c1nc1n(-c3c(-c4ccccc4)c(-c4ccccc4)c(-c4ccccc4)n3-c3ccccc3)c3ccccc3n21. The van der Waals surface area contributed by atoms with Crippen LogP contribution in [0.5, 0.6) is 0 Å². The van der Waals surface area contributed by atoms with Crippen molar-refractivity contribution in [2.45, 2.75) is 6.92 Å². The minimum absolute atomic E-state index is 0.886. The van der Waals surface area contributed by atoms with E-state index in [4.69, 9.17) is 4.98 Å². The third-order valence-electron chi connectivity index (χ3n) is 8.98. The van der Waals surface area contributed by atoms with Crippen LogP contribution in [0.15, 0.2) is 164 Å². The predicted octanol–water partition coefficient (Wildman–Crippen LogP) is 10.5. The van der Waals surface area contributed by atoms with E-state index in [2.05, 4.69) is 184 Å². The molecule has 0 saturated heterocycles. The lowest BCUT2D eigenvalue weighted by Gasteiger charge is -2.17. The lowest BCUT2D eigenvalue weighted by molar-refractivity contribution is 0.965. The van der Waals surface area contributed by atoms with Crippen LogP contribution in [0.4, 0.5) is 0 Å². The van der Waals surface area contributed by atoms with Crippen molar-refractivity contribution in [2.75, 3.05) is 0 Å². The van der Waals surface area contributed by atoms with Gasteiger partial charge in [0.2, 0.25) is 5.78 Å². The average molecular weight is 591 g/mol. The molecular weight excluding hydrogens is 560 g/mol. The number of benzene rings is 6. The number of hydrogen-bond donors (Lipinski definition) is 0. The summed E-state index contributed by atoms with van der Waals surface area (Å²) in [5, 5.41) is 0. The van der Waals surface area contributed by atoms with E-state index in [9.17, 15) is 0 Å². The molecule has 9 aromatic rings. The number of rotatable bonds is 5. The summed E-state index contributed by atoms with van der Waals surface area (Å²) >= 11 is 0. The van der Waals surface area contributed by atoms with Gasteiger partial charge in [-0.2, -0.15) is 0 Å². The Morgan fingerprint density at radius 3 is 1.61 bits per heavy atom. The summed E-state index contributed by atoms with van der Waals surface area (Å²) in [5.74, 6) is 1.94. The Bertz CT molecular complexity index is 2400. The second-order valence-corrected chi connectivity index (χ2v) is 11.7. The molecule has 0 unspecified atom stereocenters. The minimum Gasteiger partial charge on any atom is -0.294 e. The zero-order valence-corrected chi connectivity index (χ0v) is 25.4. The van der Waals surface area contributed by atoms with E-state index in [0.717, 1.165) is 72.9 Å². The van der Waals surface area contributed by atoms with Gasteiger partial charge < -0.3 is 0 Å². The molecule has 0 aliphatic carbocycles. The molecule has 0 aliphatic heterocycles. The molecule has 0 spiro atoms. The molecule has 0 radical (unpaired) electrons. The van der Waals surface area contributed by atoms with Gasteiger partial charge in [0.15, 0.2) is 0 Å². The summed E-state index contributed by atoms with van der Waals surface area (Å²) in [4.78, 5) is 5.39. The van der Waals surface area contributed by atoms with Crippen molar-refractivity contribution in [1.29, 1.82) is 0 Å². The Labute approximate surface area is 267 Å². The van der Waals surface area contributed by atoms with Crippen molar-refractivity contribution < 1.29 is 0 Å². The molecule has 0 saturated carbocycles. The molecule has 0 aliphatic rings. The topological polar surface area (TPSA) is 27.2 Å². The van der Waals surface area contributed by atoms with Gasteiger partial charge in [-0.1, -0.05) is 133 Å². The fraction of sp³-hybridized carbons (Fsp3) is 0.0238. The van der Waals surface area contributed by atoms with Crippen molar-refractivity contribution in [3.8, 4) is 45.0 Å². The van der Waals surface area contributed by atoms with Crippen LogP contribution in [-0.4, -0.2) is 18.5 Å². The first-order chi connectivity index (χ1) is 22.8. The van der Waals surface area contributed by atoms with Gasteiger partial charge in [0.1, 0.15) is 5.82 Å². The molecule has 3 heterocycles. The number of hydrogen-bond acceptors (Lipinski definition) is 1. The van der Waals surface area contributed by atoms with Gasteiger partial charge in [0, 0.05) is 16.8 Å². The highest BCUT2D eigenvalue weighted by Gasteiger charge is 2.31. The monoisotopic (exact) mass is 590 g/mol. The van der Waals surface area contributed by atoms with E-state index in [1.807, 2.05) is 0 Å². The van der Waals surface area contributed by atoms with E-state index < -0.39 is 0 Å². The molecule has 0 atom stereocenters. The maximum Gasteiger partial charge on any atom is 0.221 e. The Hall–Kier alpha value is -6.13. The Morgan fingerprint density at radius 2 is 0.957 bits per heavy atom.